The first kappa shape index (κ1) is 25.1. The molecule has 196 valence electrons. The van der Waals surface area contributed by atoms with Crippen LogP contribution in [0.15, 0.2) is 30.9 Å². The maximum Gasteiger partial charge on any atom is 0.258 e. The molecule has 2 amide bonds. The molecule has 3 heterocycles. The molecular formula is C23H27ClN8O5. The van der Waals surface area contributed by atoms with Gasteiger partial charge in [-0.2, -0.15) is 0 Å². The van der Waals surface area contributed by atoms with Crippen molar-refractivity contribution in [1.82, 2.24) is 30.2 Å². The third-order valence-electron chi connectivity index (χ3n) is 6.23. The normalized spacial score (nSPS) is 23.1. The van der Waals surface area contributed by atoms with Gasteiger partial charge in [0.1, 0.15) is 18.2 Å². The maximum absolute atomic E-state index is 12.1. The molecule has 14 heteroatoms. The number of rotatable bonds is 9. The number of hydrogen-bond donors (Lipinski definition) is 5. The molecule has 1 aliphatic carbocycles. The van der Waals surface area contributed by atoms with Crippen LogP contribution in [-0.4, -0.2) is 74.4 Å². The van der Waals surface area contributed by atoms with Crippen LogP contribution in [-0.2, 0) is 20.9 Å². The van der Waals surface area contributed by atoms with E-state index in [1.165, 1.54) is 24.3 Å². The lowest BCUT2D eigenvalue weighted by atomic mass is 10.1. The summed E-state index contributed by atoms with van der Waals surface area (Å²) < 4.78 is 13.0. The Morgan fingerprint density at radius 1 is 1.30 bits per heavy atom. The van der Waals surface area contributed by atoms with Gasteiger partial charge in [0.15, 0.2) is 35.9 Å². The van der Waals surface area contributed by atoms with Gasteiger partial charge in [0.05, 0.1) is 12.4 Å². The number of anilines is 1. The van der Waals surface area contributed by atoms with Crippen LogP contribution < -0.4 is 26.4 Å². The van der Waals surface area contributed by atoms with E-state index in [2.05, 4.69) is 30.9 Å². The highest BCUT2D eigenvalue weighted by Gasteiger charge is 2.46. The number of carbonyl (C=O) groups is 2. The molecule has 3 aromatic rings. The van der Waals surface area contributed by atoms with Gasteiger partial charge in [0.2, 0.25) is 0 Å². The Morgan fingerprint density at radius 3 is 2.86 bits per heavy atom. The van der Waals surface area contributed by atoms with E-state index in [-0.39, 0.29) is 25.1 Å². The number of halogens is 1. The number of aromatic nitrogens is 4. The molecule has 5 rings (SSSR count). The van der Waals surface area contributed by atoms with E-state index in [9.17, 15) is 14.7 Å². The number of aliphatic hydroxyl groups is 1. The molecule has 2 aromatic heterocycles. The predicted molar refractivity (Wildman–Crippen MR) is 133 cm³/mol. The van der Waals surface area contributed by atoms with Crippen molar-refractivity contribution >= 4 is 40.4 Å². The number of fused-ring (bicyclic) bond motifs is 1. The lowest BCUT2D eigenvalue weighted by Crippen LogP contribution is -2.46. The van der Waals surface area contributed by atoms with E-state index in [1.54, 1.807) is 18.2 Å². The molecule has 0 unspecified atom stereocenters. The Morgan fingerprint density at radius 2 is 2.11 bits per heavy atom. The summed E-state index contributed by atoms with van der Waals surface area (Å²) in [6.45, 7) is 0.168. The highest BCUT2D eigenvalue weighted by Crippen LogP contribution is 2.32. The second-order valence-corrected chi connectivity index (χ2v) is 9.35. The molecule has 1 aromatic carbocycles. The summed E-state index contributed by atoms with van der Waals surface area (Å²) in [5, 5.41) is 19.7. The Bertz CT molecular complexity index is 1320. The van der Waals surface area contributed by atoms with E-state index in [1.807, 2.05) is 0 Å². The third kappa shape index (κ3) is 5.30. The molecule has 6 N–H and O–H groups in total. The molecule has 1 aliphatic heterocycles. The molecule has 37 heavy (non-hydrogen) atoms. The monoisotopic (exact) mass is 530 g/mol. The zero-order valence-corrected chi connectivity index (χ0v) is 20.7. The predicted octanol–water partition coefficient (Wildman–Crippen LogP) is 0.0808. The van der Waals surface area contributed by atoms with Gasteiger partial charge in [-0.15, -0.1) is 0 Å². The maximum atomic E-state index is 12.1. The summed E-state index contributed by atoms with van der Waals surface area (Å²) in [6, 6.07) is 4.47. The van der Waals surface area contributed by atoms with Crippen LogP contribution in [0.3, 0.4) is 0 Å². The third-order valence-corrected chi connectivity index (χ3v) is 6.47. The molecule has 4 atom stereocenters. The minimum absolute atomic E-state index is 0.101. The summed E-state index contributed by atoms with van der Waals surface area (Å²) in [7, 11) is 1.47. The quantitative estimate of drug-likeness (QED) is 0.254. The zero-order chi connectivity index (χ0) is 26.1. The number of hydrogen-bond acceptors (Lipinski definition) is 10. The van der Waals surface area contributed by atoms with Crippen molar-refractivity contribution in [3.05, 3.63) is 41.4 Å². The second kappa shape index (κ2) is 10.5. The van der Waals surface area contributed by atoms with Crippen LogP contribution in [0.4, 0.5) is 5.82 Å². The smallest absolute Gasteiger partial charge is 0.258 e. The summed E-state index contributed by atoms with van der Waals surface area (Å²) in [5.41, 5.74) is 7.53. The van der Waals surface area contributed by atoms with Crippen LogP contribution >= 0.6 is 11.6 Å². The summed E-state index contributed by atoms with van der Waals surface area (Å²) in [4.78, 5) is 37.1. The highest BCUT2D eigenvalue weighted by atomic mass is 35.5. The largest absolute Gasteiger partial charge is 0.483 e. The zero-order valence-electron chi connectivity index (χ0n) is 19.9. The number of amides is 2. The van der Waals surface area contributed by atoms with E-state index >= 15 is 0 Å². The average Bonchev–Trinajstić information content (AvgIpc) is 3.53. The van der Waals surface area contributed by atoms with Crippen molar-refractivity contribution in [3.8, 4) is 5.75 Å². The van der Waals surface area contributed by atoms with Crippen LogP contribution in [0, 0.1) is 0 Å². The molecule has 13 nitrogen and oxygen atoms in total. The lowest BCUT2D eigenvalue weighted by Gasteiger charge is -2.17. The van der Waals surface area contributed by atoms with Crippen LogP contribution in [0.1, 0.15) is 24.6 Å². The minimum atomic E-state index is -1.16. The van der Waals surface area contributed by atoms with E-state index in [4.69, 9.17) is 26.8 Å². The van der Waals surface area contributed by atoms with E-state index < -0.39 is 30.4 Å². The fraction of sp³-hybridized carbons (Fsp3) is 0.435. The fourth-order valence-electron chi connectivity index (χ4n) is 4.11. The second-order valence-electron chi connectivity index (χ2n) is 8.91. The fourth-order valence-corrected chi connectivity index (χ4v) is 4.31. The van der Waals surface area contributed by atoms with Gasteiger partial charge in [-0.25, -0.2) is 15.0 Å². The van der Waals surface area contributed by atoms with Gasteiger partial charge < -0.3 is 36.3 Å². The van der Waals surface area contributed by atoms with E-state index in [0.29, 0.717) is 33.3 Å². The molecule has 1 saturated heterocycles. The Balaban J connectivity index is 1.32. The Kier molecular flexibility index (Phi) is 7.11. The number of nitrogens with one attached hydrogen (secondary N) is 3. The van der Waals surface area contributed by atoms with Crippen LogP contribution in [0.2, 0.25) is 5.02 Å². The van der Waals surface area contributed by atoms with Crippen LogP contribution in [0.5, 0.6) is 5.75 Å². The van der Waals surface area contributed by atoms with Gasteiger partial charge >= 0.3 is 0 Å². The lowest BCUT2D eigenvalue weighted by molar-refractivity contribution is -0.134. The number of likely N-dealkylation sites (N-methyl/N-ethyl adjacent to an activating group) is 1. The van der Waals surface area contributed by atoms with Gasteiger partial charge in [-0.1, -0.05) is 11.6 Å². The SMILES string of the molecule is CNC(=O)[C@H]1O[C@@H](n2cnc3c(NCc4cc(Cl)ccc4OCC(=O)NC4CC4)ncnc32)[C@H](O)[C@@H]1N. The summed E-state index contributed by atoms with van der Waals surface area (Å²) >= 11 is 6.20. The number of benzene rings is 1. The van der Waals surface area contributed by atoms with Crippen LogP contribution in [0.25, 0.3) is 11.2 Å². The first-order chi connectivity index (χ1) is 17.9. The van der Waals surface area contributed by atoms with Crippen molar-refractivity contribution in [3.63, 3.8) is 0 Å². The first-order valence-electron chi connectivity index (χ1n) is 11.8. The number of imidazole rings is 1. The van der Waals surface area contributed by atoms with Crippen molar-refractivity contribution in [2.75, 3.05) is 19.0 Å². The number of carbonyl (C=O) groups excluding carboxylic acids is 2. The molecule has 2 fully saturated rings. The van der Waals surface area contributed by atoms with Crippen molar-refractivity contribution < 1.29 is 24.2 Å². The standard InChI is InChI=1S/C23H27ClN8O5/c1-26-22(35)19-16(25)18(34)23(37-19)32-10-30-17-20(28-9-29-21(17)32)27-7-11-6-12(24)2-5-14(11)36-8-15(33)31-13-3-4-13/h2,5-6,9-10,13,16,18-19,23,34H,3-4,7-8,25H2,1H3,(H,26,35)(H,31,33)(H,27,28,29)/t16-,18+,19-,23+/m0/s1. The number of nitrogens with zero attached hydrogens (tertiary/aromatic N) is 4. The van der Waals surface area contributed by atoms with E-state index in [0.717, 1.165) is 12.8 Å². The summed E-state index contributed by atoms with van der Waals surface area (Å²) in [5.74, 6) is 0.324. The molecule has 0 bridgehead atoms. The van der Waals surface area contributed by atoms with Crippen molar-refractivity contribution in [2.24, 2.45) is 5.73 Å². The molecule has 1 saturated carbocycles. The van der Waals surface area contributed by atoms with Gasteiger partial charge in [0.25, 0.3) is 11.8 Å². The Labute approximate surface area is 216 Å². The molecular weight excluding hydrogens is 504 g/mol. The van der Waals surface area contributed by atoms with Crippen molar-refractivity contribution in [2.45, 2.75) is 49.9 Å². The average molecular weight is 531 g/mol. The summed E-state index contributed by atoms with van der Waals surface area (Å²) in [6.07, 6.45) is 1.65. The highest BCUT2D eigenvalue weighted by molar-refractivity contribution is 6.30. The Hall–Kier alpha value is -3.52. The molecule has 2 aliphatic rings. The van der Waals surface area contributed by atoms with Gasteiger partial charge in [0, 0.05) is 30.2 Å². The minimum Gasteiger partial charge on any atom is -0.483 e. The molecule has 0 radical (unpaired) electrons. The van der Waals surface area contributed by atoms with Crippen molar-refractivity contribution in [1.29, 1.82) is 0 Å². The number of ether oxygens (including phenoxy) is 2. The number of aliphatic hydroxyl groups excluding tert-OH is 1. The first-order valence-corrected chi connectivity index (χ1v) is 12.2. The topological polar surface area (TPSA) is 179 Å². The number of nitrogens with two attached hydrogens (primary N) is 1. The van der Waals surface area contributed by atoms with Gasteiger partial charge in [-0.05, 0) is 31.0 Å². The van der Waals surface area contributed by atoms with Gasteiger partial charge in [-0.3, -0.25) is 14.2 Å². The molecule has 0 spiro atoms.